The quantitative estimate of drug-likeness (QED) is 0.0670. The zero-order valence-electron chi connectivity index (χ0n) is 25.7. The van der Waals surface area contributed by atoms with Gasteiger partial charge in [-0.05, 0) is 108 Å². The molecule has 3 aromatic carbocycles. The van der Waals surface area contributed by atoms with Crippen molar-refractivity contribution >= 4 is 46.7 Å². The van der Waals surface area contributed by atoms with Crippen LogP contribution in [0, 0.1) is 3.57 Å². The first-order chi connectivity index (χ1) is 22.2. The number of rotatable bonds is 14. The Hall–Kier alpha value is -4.85. The SMILES string of the molecule is C=CCc1cc(/C=N\NC(=O)COc2ccc([C@@H]3NC(=O)NC(C)=C3C(=O)OCC)cc2OC)ccc1OCc1ccc(I)cc1. The van der Waals surface area contributed by atoms with Gasteiger partial charge < -0.3 is 29.6 Å². The highest BCUT2D eigenvalue weighted by Crippen LogP contribution is 2.34. The predicted octanol–water partition coefficient (Wildman–Crippen LogP) is 5.33. The Balaban J connectivity index is 1.36. The van der Waals surface area contributed by atoms with Gasteiger partial charge in [-0.25, -0.2) is 15.0 Å². The highest BCUT2D eigenvalue weighted by Gasteiger charge is 2.32. The number of hydrogen-bond donors (Lipinski definition) is 3. The van der Waals surface area contributed by atoms with Crippen molar-refractivity contribution in [3.63, 3.8) is 0 Å². The lowest BCUT2D eigenvalue weighted by Gasteiger charge is -2.28. The van der Waals surface area contributed by atoms with Crippen LogP contribution in [0.1, 0.15) is 42.1 Å². The number of hydrogen-bond acceptors (Lipinski definition) is 8. The van der Waals surface area contributed by atoms with Crippen molar-refractivity contribution < 1.29 is 33.3 Å². The highest BCUT2D eigenvalue weighted by molar-refractivity contribution is 14.1. The minimum atomic E-state index is -0.770. The maximum Gasteiger partial charge on any atom is 0.338 e. The third-order valence-electron chi connectivity index (χ3n) is 6.80. The average molecular weight is 739 g/mol. The molecule has 0 bridgehead atoms. The zero-order chi connectivity index (χ0) is 33.1. The van der Waals surface area contributed by atoms with Gasteiger partial charge in [0, 0.05) is 9.27 Å². The molecule has 0 saturated heterocycles. The van der Waals surface area contributed by atoms with E-state index in [1.165, 1.54) is 13.3 Å². The number of carbonyl (C=O) groups is 3. The summed E-state index contributed by atoms with van der Waals surface area (Å²) in [6.45, 7) is 7.47. The van der Waals surface area contributed by atoms with Crippen LogP contribution in [-0.2, 0) is 27.4 Å². The van der Waals surface area contributed by atoms with Gasteiger partial charge in [0.25, 0.3) is 5.91 Å². The molecule has 1 aliphatic rings. The number of amides is 3. The lowest BCUT2D eigenvalue weighted by Crippen LogP contribution is -2.45. The number of urea groups is 1. The van der Waals surface area contributed by atoms with Gasteiger partial charge in [0.15, 0.2) is 18.1 Å². The molecule has 0 unspecified atom stereocenters. The topological polar surface area (TPSA) is 137 Å². The van der Waals surface area contributed by atoms with E-state index < -0.39 is 23.9 Å². The average Bonchev–Trinajstić information content (AvgIpc) is 3.04. The van der Waals surface area contributed by atoms with E-state index in [-0.39, 0.29) is 18.8 Å². The van der Waals surface area contributed by atoms with Crippen molar-refractivity contribution in [2.24, 2.45) is 5.10 Å². The number of methoxy groups -OCH3 is 1. The second-order valence-electron chi connectivity index (χ2n) is 10.1. The molecular formula is C34H35IN4O7. The Morgan fingerprint density at radius 1 is 1.04 bits per heavy atom. The van der Waals surface area contributed by atoms with Crippen molar-refractivity contribution in [3.8, 4) is 17.2 Å². The van der Waals surface area contributed by atoms with Gasteiger partial charge >= 0.3 is 12.0 Å². The predicted molar refractivity (Wildman–Crippen MR) is 182 cm³/mol. The largest absolute Gasteiger partial charge is 0.493 e. The molecule has 12 heteroatoms. The van der Waals surface area contributed by atoms with E-state index in [4.69, 9.17) is 18.9 Å². The minimum Gasteiger partial charge on any atom is -0.493 e. The van der Waals surface area contributed by atoms with E-state index in [1.54, 1.807) is 38.1 Å². The summed E-state index contributed by atoms with van der Waals surface area (Å²) in [7, 11) is 1.45. The van der Waals surface area contributed by atoms with Crippen LogP contribution < -0.4 is 30.3 Å². The summed E-state index contributed by atoms with van der Waals surface area (Å²) >= 11 is 2.27. The van der Waals surface area contributed by atoms with E-state index in [0.717, 1.165) is 26.0 Å². The lowest BCUT2D eigenvalue weighted by atomic mass is 9.95. The second kappa shape index (κ2) is 16.5. The van der Waals surface area contributed by atoms with Gasteiger partial charge in [-0.3, -0.25) is 4.79 Å². The second-order valence-corrected chi connectivity index (χ2v) is 11.3. The molecule has 3 N–H and O–H groups in total. The van der Waals surface area contributed by atoms with Gasteiger partial charge in [-0.1, -0.05) is 24.3 Å². The van der Waals surface area contributed by atoms with Crippen LogP contribution in [-0.4, -0.2) is 44.4 Å². The third-order valence-corrected chi connectivity index (χ3v) is 7.52. The van der Waals surface area contributed by atoms with E-state index in [9.17, 15) is 14.4 Å². The lowest BCUT2D eigenvalue weighted by molar-refractivity contribution is -0.139. The molecule has 3 aromatic rings. The number of nitrogens with zero attached hydrogens (tertiary/aromatic N) is 1. The molecule has 0 spiro atoms. The summed E-state index contributed by atoms with van der Waals surface area (Å²) in [4.78, 5) is 37.3. The summed E-state index contributed by atoms with van der Waals surface area (Å²) < 4.78 is 23.5. The molecule has 0 saturated carbocycles. The zero-order valence-corrected chi connectivity index (χ0v) is 27.9. The molecule has 0 aliphatic carbocycles. The molecule has 11 nitrogen and oxygen atoms in total. The summed E-state index contributed by atoms with van der Waals surface area (Å²) in [6, 6.07) is 17.5. The van der Waals surface area contributed by atoms with Crippen LogP contribution in [0.2, 0.25) is 0 Å². The number of nitrogens with one attached hydrogen (secondary N) is 3. The van der Waals surface area contributed by atoms with Gasteiger partial charge in [-0.15, -0.1) is 6.58 Å². The Labute approximate surface area is 281 Å². The smallest absolute Gasteiger partial charge is 0.338 e. The van der Waals surface area contributed by atoms with E-state index in [1.807, 2.05) is 42.5 Å². The molecule has 0 aromatic heterocycles. The van der Waals surface area contributed by atoms with Crippen molar-refractivity contribution in [3.05, 3.63) is 110 Å². The Bertz CT molecular complexity index is 1650. The van der Waals surface area contributed by atoms with E-state index >= 15 is 0 Å². The van der Waals surface area contributed by atoms with Crippen LogP contribution in [0.25, 0.3) is 0 Å². The Morgan fingerprint density at radius 2 is 1.80 bits per heavy atom. The third kappa shape index (κ3) is 9.10. The normalized spacial score (nSPS) is 14.3. The number of benzene rings is 3. The van der Waals surface area contributed by atoms with Gasteiger partial charge in [0.1, 0.15) is 12.4 Å². The number of halogens is 1. The number of hydrazone groups is 1. The van der Waals surface area contributed by atoms with Crippen LogP contribution >= 0.6 is 22.6 Å². The number of allylic oxidation sites excluding steroid dienone is 2. The number of ether oxygens (including phenoxy) is 4. The van der Waals surface area contributed by atoms with Crippen molar-refractivity contribution in [2.75, 3.05) is 20.3 Å². The molecule has 1 heterocycles. The molecular weight excluding hydrogens is 703 g/mol. The molecule has 46 heavy (non-hydrogen) atoms. The van der Waals surface area contributed by atoms with E-state index in [0.29, 0.717) is 35.8 Å². The van der Waals surface area contributed by atoms with Crippen molar-refractivity contribution in [2.45, 2.75) is 32.9 Å². The van der Waals surface area contributed by atoms with Gasteiger partial charge in [0.2, 0.25) is 0 Å². The Morgan fingerprint density at radius 3 is 2.52 bits per heavy atom. The van der Waals surface area contributed by atoms with Crippen LogP contribution in [0.15, 0.2) is 89.7 Å². The maximum atomic E-state index is 12.6. The summed E-state index contributed by atoms with van der Waals surface area (Å²) in [5.41, 5.74) is 6.48. The molecule has 4 rings (SSSR count). The molecule has 3 amide bonds. The molecule has 0 fully saturated rings. The first-order valence-electron chi connectivity index (χ1n) is 14.4. The molecule has 1 atom stereocenters. The van der Waals surface area contributed by atoms with Gasteiger partial charge in [-0.2, -0.15) is 5.10 Å². The molecule has 1 aliphatic heterocycles. The first-order valence-corrected chi connectivity index (χ1v) is 15.5. The van der Waals surface area contributed by atoms with Crippen LogP contribution in [0.3, 0.4) is 0 Å². The number of carbonyl (C=O) groups excluding carboxylic acids is 3. The van der Waals surface area contributed by atoms with Crippen LogP contribution in [0.4, 0.5) is 4.79 Å². The molecule has 240 valence electrons. The fraction of sp³-hybridized carbons (Fsp3) is 0.235. The van der Waals surface area contributed by atoms with E-state index in [2.05, 4.69) is 50.3 Å². The fourth-order valence-electron chi connectivity index (χ4n) is 4.64. The van der Waals surface area contributed by atoms with Crippen molar-refractivity contribution in [1.29, 1.82) is 0 Å². The van der Waals surface area contributed by atoms with Crippen LogP contribution in [0.5, 0.6) is 17.2 Å². The minimum absolute atomic E-state index is 0.185. The monoisotopic (exact) mass is 738 g/mol. The van der Waals surface area contributed by atoms with Crippen molar-refractivity contribution in [1.82, 2.24) is 16.1 Å². The van der Waals surface area contributed by atoms with Gasteiger partial charge in [0.05, 0.1) is 31.5 Å². The number of esters is 1. The Kier molecular flexibility index (Phi) is 12.2. The first kappa shape index (κ1) is 34.0. The standard InChI is InChI=1S/C34H35IN4O7/c1-5-7-24-16-23(10-14-27(24)45-19-22-8-12-26(35)13-9-22)18-36-39-30(40)20-46-28-15-11-25(17-29(28)43-4)32-31(33(41)44-6-2)21(3)37-34(42)38-32/h5,8-18,32H,1,6-7,19-20H2,2-4H3,(H,39,40)(H2,37,38,42)/b36-18-/t32-/m0/s1. The summed E-state index contributed by atoms with van der Waals surface area (Å²) in [5, 5.41) is 9.40. The summed E-state index contributed by atoms with van der Waals surface area (Å²) in [5.74, 6) is 0.312. The highest BCUT2D eigenvalue weighted by atomic mass is 127. The molecule has 0 radical (unpaired) electrons. The fourth-order valence-corrected chi connectivity index (χ4v) is 5.00. The maximum absolute atomic E-state index is 12.6. The summed E-state index contributed by atoms with van der Waals surface area (Å²) in [6.07, 6.45) is 3.94.